The second-order valence-corrected chi connectivity index (χ2v) is 4.64. The lowest BCUT2D eigenvalue weighted by atomic mass is 10.1. The predicted octanol–water partition coefficient (Wildman–Crippen LogP) is 1.27. The molecule has 0 atom stereocenters. The molecule has 3 heterocycles. The van der Waals surface area contributed by atoms with Crippen LogP contribution in [-0.2, 0) is 0 Å². The summed E-state index contributed by atoms with van der Waals surface area (Å²) in [4.78, 5) is 14.9. The van der Waals surface area contributed by atoms with Gasteiger partial charge in [0.05, 0.1) is 11.6 Å². The van der Waals surface area contributed by atoms with E-state index >= 15 is 0 Å². The Morgan fingerprint density at radius 2 is 1.95 bits per heavy atom. The largest absolute Gasteiger partial charge is 0.334 e. The number of fused-ring (bicyclic) bond motifs is 3. The lowest BCUT2D eigenvalue weighted by Crippen LogP contribution is -2.17. The summed E-state index contributed by atoms with van der Waals surface area (Å²) in [7, 11) is 0. The van der Waals surface area contributed by atoms with Gasteiger partial charge in [-0.05, 0) is 6.92 Å². The van der Waals surface area contributed by atoms with Crippen LogP contribution in [0, 0.1) is 6.92 Å². The van der Waals surface area contributed by atoms with Crippen molar-refractivity contribution in [3.8, 4) is 11.4 Å². The van der Waals surface area contributed by atoms with Crippen LogP contribution >= 0.6 is 0 Å². The third kappa shape index (κ3) is 1.40. The SMILES string of the molecule is Cc1ccc(-c2nnc3c4cn[nH]c4[nH]c(=O)n23)cc1. The molecule has 98 valence electrons. The molecule has 0 aliphatic rings. The van der Waals surface area contributed by atoms with Crippen LogP contribution in [0.3, 0.4) is 0 Å². The van der Waals surface area contributed by atoms with Gasteiger partial charge in [0.2, 0.25) is 0 Å². The molecule has 0 saturated heterocycles. The van der Waals surface area contributed by atoms with E-state index in [9.17, 15) is 4.79 Å². The highest BCUT2D eigenvalue weighted by Crippen LogP contribution is 2.20. The number of aromatic amines is 2. The molecule has 2 N–H and O–H groups in total. The highest BCUT2D eigenvalue weighted by Gasteiger charge is 2.14. The Balaban J connectivity index is 2.11. The number of benzene rings is 1. The molecule has 0 bridgehead atoms. The highest BCUT2D eigenvalue weighted by molar-refractivity contribution is 5.88. The zero-order valence-corrected chi connectivity index (χ0v) is 10.6. The van der Waals surface area contributed by atoms with Crippen LogP contribution in [-0.4, -0.2) is 29.8 Å². The molecule has 4 rings (SSSR count). The van der Waals surface area contributed by atoms with E-state index in [0.29, 0.717) is 17.1 Å². The van der Waals surface area contributed by atoms with Crippen molar-refractivity contribution in [3.05, 3.63) is 46.5 Å². The molecule has 4 aromatic rings. The molecule has 0 saturated carbocycles. The minimum Gasteiger partial charge on any atom is -0.291 e. The fourth-order valence-electron chi connectivity index (χ4n) is 2.25. The maximum atomic E-state index is 12.2. The molecule has 0 fully saturated rings. The molecular weight excluding hydrogens is 256 g/mol. The van der Waals surface area contributed by atoms with Crippen molar-refractivity contribution in [2.45, 2.75) is 6.92 Å². The second-order valence-electron chi connectivity index (χ2n) is 4.64. The quantitative estimate of drug-likeness (QED) is 0.542. The molecule has 3 aromatic heterocycles. The van der Waals surface area contributed by atoms with Crippen molar-refractivity contribution in [2.24, 2.45) is 0 Å². The van der Waals surface area contributed by atoms with E-state index < -0.39 is 0 Å². The predicted molar refractivity (Wildman–Crippen MR) is 73.4 cm³/mol. The molecule has 1 aromatic carbocycles. The normalized spacial score (nSPS) is 11.4. The molecule has 20 heavy (non-hydrogen) atoms. The van der Waals surface area contributed by atoms with E-state index in [4.69, 9.17) is 0 Å². The summed E-state index contributed by atoms with van der Waals surface area (Å²) in [6, 6.07) is 7.79. The van der Waals surface area contributed by atoms with Crippen LogP contribution in [0.1, 0.15) is 5.56 Å². The first kappa shape index (κ1) is 10.9. The van der Waals surface area contributed by atoms with Gasteiger partial charge in [0, 0.05) is 5.56 Å². The van der Waals surface area contributed by atoms with E-state index in [-0.39, 0.29) is 5.69 Å². The van der Waals surface area contributed by atoms with Gasteiger partial charge in [0.15, 0.2) is 11.5 Å². The molecular formula is C13H10N6O. The van der Waals surface area contributed by atoms with E-state index in [1.54, 1.807) is 6.20 Å². The molecule has 0 aliphatic carbocycles. The van der Waals surface area contributed by atoms with Crippen LogP contribution in [0.2, 0.25) is 0 Å². The zero-order valence-electron chi connectivity index (χ0n) is 10.6. The van der Waals surface area contributed by atoms with Crippen LogP contribution in [0.15, 0.2) is 35.3 Å². The third-order valence-electron chi connectivity index (χ3n) is 3.29. The Morgan fingerprint density at radius 1 is 1.15 bits per heavy atom. The average Bonchev–Trinajstić information content (AvgIpc) is 3.05. The average molecular weight is 266 g/mol. The van der Waals surface area contributed by atoms with Crippen molar-refractivity contribution in [1.29, 1.82) is 0 Å². The number of rotatable bonds is 1. The van der Waals surface area contributed by atoms with Gasteiger partial charge < -0.3 is 0 Å². The number of nitrogens with zero attached hydrogens (tertiary/aromatic N) is 4. The summed E-state index contributed by atoms with van der Waals surface area (Å²) in [5, 5.41) is 15.6. The first-order chi connectivity index (χ1) is 9.74. The molecule has 0 amide bonds. The summed E-state index contributed by atoms with van der Waals surface area (Å²) >= 11 is 0. The smallest absolute Gasteiger partial charge is 0.291 e. The minimum absolute atomic E-state index is 0.294. The summed E-state index contributed by atoms with van der Waals surface area (Å²) < 4.78 is 1.46. The van der Waals surface area contributed by atoms with Gasteiger partial charge in [-0.2, -0.15) is 5.10 Å². The zero-order chi connectivity index (χ0) is 13.7. The van der Waals surface area contributed by atoms with Crippen molar-refractivity contribution in [1.82, 2.24) is 29.8 Å². The summed E-state index contributed by atoms with van der Waals surface area (Å²) in [5.74, 6) is 0.518. The maximum Gasteiger partial charge on any atom is 0.334 e. The number of H-pyrrole nitrogens is 2. The van der Waals surface area contributed by atoms with Gasteiger partial charge in [-0.25, -0.2) is 9.20 Å². The van der Waals surface area contributed by atoms with Crippen molar-refractivity contribution < 1.29 is 0 Å². The van der Waals surface area contributed by atoms with Gasteiger partial charge >= 0.3 is 5.69 Å². The van der Waals surface area contributed by atoms with Crippen molar-refractivity contribution in [2.75, 3.05) is 0 Å². The molecule has 0 radical (unpaired) electrons. The monoisotopic (exact) mass is 266 g/mol. The summed E-state index contributed by atoms with van der Waals surface area (Å²) in [5.41, 5.74) is 2.74. The van der Waals surface area contributed by atoms with E-state index in [0.717, 1.165) is 16.5 Å². The Bertz CT molecular complexity index is 976. The maximum absolute atomic E-state index is 12.2. The van der Waals surface area contributed by atoms with Crippen LogP contribution in [0.5, 0.6) is 0 Å². The number of hydrogen-bond acceptors (Lipinski definition) is 4. The van der Waals surface area contributed by atoms with Gasteiger partial charge in [0.1, 0.15) is 5.65 Å². The number of hydrogen-bond donors (Lipinski definition) is 2. The second kappa shape index (κ2) is 3.77. The van der Waals surface area contributed by atoms with E-state index in [1.807, 2.05) is 31.2 Å². The van der Waals surface area contributed by atoms with Gasteiger partial charge in [-0.1, -0.05) is 29.8 Å². The molecule has 7 nitrogen and oxygen atoms in total. The molecule has 0 unspecified atom stereocenters. The molecule has 0 aliphatic heterocycles. The van der Waals surface area contributed by atoms with Crippen LogP contribution < -0.4 is 5.69 Å². The number of aromatic nitrogens is 6. The Labute approximate surface area is 112 Å². The first-order valence-corrected chi connectivity index (χ1v) is 6.11. The molecule has 0 spiro atoms. The summed E-state index contributed by atoms with van der Waals surface area (Å²) in [6.07, 6.45) is 1.62. The van der Waals surface area contributed by atoms with Crippen LogP contribution in [0.25, 0.3) is 28.1 Å². The lowest BCUT2D eigenvalue weighted by Gasteiger charge is -2.00. The topological polar surface area (TPSA) is 91.7 Å². The van der Waals surface area contributed by atoms with Gasteiger partial charge in [-0.3, -0.25) is 10.1 Å². The summed E-state index contributed by atoms with van der Waals surface area (Å²) in [6.45, 7) is 2.01. The Hall–Kier alpha value is -2.96. The first-order valence-electron chi connectivity index (χ1n) is 6.11. The van der Waals surface area contributed by atoms with Crippen molar-refractivity contribution in [3.63, 3.8) is 0 Å². The lowest BCUT2D eigenvalue weighted by molar-refractivity contribution is 1.01. The van der Waals surface area contributed by atoms with E-state index in [1.165, 1.54) is 4.40 Å². The number of aryl methyl sites for hydroxylation is 1. The Morgan fingerprint density at radius 3 is 2.75 bits per heavy atom. The van der Waals surface area contributed by atoms with Gasteiger partial charge in [-0.15, -0.1) is 10.2 Å². The van der Waals surface area contributed by atoms with E-state index in [2.05, 4.69) is 25.4 Å². The fourth-order valence-corrected chi connectivity index (χ4v) is 2.25. The van der Waals surface area contributed by atoms with Gasteiger partial charge in [0.25, 0.3) is 0 Å². The fraction of sp³-hybridized carbons (Fsp3) is 0.0769. The standard InChI is InChI=1S/C13H10N6O/c1-7-2-4-8(5-3-7)11-17-18-12-9-6-14-16-10(9)15-13(20)19(11)12/h2-6H,1H3,(H2,14,15,16,20). The highest BCUT2D eigenvalue weighted by atomic mass is 16.1. The van der Waals surface area contributed by atoms with Crippen molar-refractivity contribution >= 4 is 16.7 Å². The minimum atomic E-state index is -0.294. The number of nitrogens with one attached hydrogen (secondary N) is 2. The van der Waals surface area contributed by atoms with Crippen LogP contribution in [0.4, 0.5) is 0 Å². The molecule has 7 heteroatoms. The third-order valence-corrected chi connectivity index (χ3v) is 3.29. The Kier molecular flexibility index (Phi) is 2.06.